The number of hydrogen-bond acceptors (Lipinski definition) is 5. The summed E-state index contributed by atoms with van der Waals surface area (Å²) in [6.45, 7) is 1.91. The largest absolute Gasteiger partial charge is 0.312 e. The van der Waals surface area contributed by atoms with Crippen LogP contribution < -0.4 is 4.90 Å². The fourth-order valence-corrected chi connectivity index (χ4v) is 4.39. The average molecular weight is 332 g/mol. The molecule has 0 bridgehead atoms. The number of carbonyl (C=O) groups excluding carboxylic acids is 1. The van der Waals surface area contributed by atoms with Crippen molar-refractivity contribution in [2.75, 3.05) is 11.9 Å². The molecule has 1 atom stereocenters. The number of hydrogen-bond donors (Lipinski definition) is 0. The summed E-state index contributed by atoms with van der Waals surface area (Å²) in [5.41, 5.74) is 1.78. The number of thioether (sulfide) groups is 1. The highest BCUT2D eigenvalue weighted by Gasteiger charge is 2.22. The zero-order valence-electron chi connectivity index (χ0n) is 12.6. The molecule has 3 aromatic rings. The quantitative estimate of drug-likeness (QED) is 0.689. The van der Waals surface area contributed by atoms with Crippen molar-refractivity contribution in [2.45, 2.75) is 16.5 Å². The van der Waals surface area contributed by atoms with Gasteiger partial charge in [-0.05, 0) is 19.1 Å². The van der Waals surface area contributed by atoms with Gasteiger partial charge in [-0.3, -0.25) is 9.48 Å². The fourth-order valence-electron chi connectivity index (χ4n) is 2.08. The van der Waals surface area contributed by atoms with E-state index in [-0.39, 0.29) is 11.2 Å². The highest BCUT2D eigenvalue weighted by Crippen LogP contribution is 2.32. The number of carbonyl (C=O) groups is 1. The molecule has 0 aliphatic heterocycles. The molecule has 0 saturated carbocycles. The second-order valence-corrected chi connectivity index (χ2v) is 7.60. The van der Waals surface area contributed by atoms with Crippen molar-refractivity contribution in [3.05, 3.63) is 36.7 Å². The van der Waals surface area contributed by atoms with E-state index < -0.39 is 0 Å². The molecule has 0 spiro atoms. The van der Waals surface area contributed by atoms with Gasteiger partial charge in [0, 0.05) is 20.3 Å². The molecule has 7 heteroatoms. The van der Waals surface area contributed by atoms with Gasteiger partial charge >= 0.3 is 0 Å². The van der Waals surface area contributed by atoms with Crippen LogP contribution in [0.15, 0.2) is 41.0 Å². The number of aryl methyl sites for hydroxylation is 1. The molecule has 0 aliphatic carbocycles. The Hall–Kier alpha value is -1.86. The SMILES string of the molecule is C[C@@H](Sc1nc2ccccc2s1)C(=O)N(C)c1cnn(C)c1. The molecule has 0 fully saturated rings. The van der Waals surface area contributed by atoms with E-state index in [0.717, 1.165) is 20.2 Å². The van der Waals surface area contributed by atoms with E-state index >= 15 is 0 Å². The minimum Gasteiger partial charge on any atom is -0.312 e. The first-order valence-electron chi connectivity index (χ1n) is 6.83. The number of amides is 1. The van der Waals surface area contributed by atoms with Crippen LogP contribution in [-0.2, 0) is 11.8 Å². The Labute approximate surface area is 137 Å². The minimum absolute atomic E-state index is 0.0391. The Morgan fingerprint density at radius 2 is 2.18 bits per heavy atom. The number of nitrogens with zero attached hydrogens (tertiary/aromatic N) is 4. The second kappa shape index (κ2) is 6.10. The van der Waals surface area contributed by atoms with Crippen LogP contribution in [-0.4, -0.2) is 33.0 Å². The van der Waals surface area contributed by atoms with E-state index in [4.69, 9.17) is 0 Å². The normalized spacial score (nSPS) is 12.5. The van der Waals surface area contributed by atoms with Crippen molar-refractivity contribution in [2.24, 2.45) is 7.05 Å². The lowest BCUT2D eigenvalue weighted by molar-refractivity contribution is -0.117. The summed E-state index contributed by atoms with van der Waals surface area (Å²) in [4.78, 5) is 18.7. The molecule has 0 N–H and O–H groups in total. The highest BCUT2D eigenvalue weighted by atomic mass is 32.2. The number of rotatable bonds is 4. The Balaban J connectivity index is 1.73. The lowest BCUT2D eigenvalue weighted by Crippen LogP contribution is -2.32. The van der Waals surface area contributed by atoms with Gasteiger partial charge in [-0.25, -0.2) is 4.98 Å². The lowest BCUT2D eigenvalue weighted by atomic mass is 10.3. The van der Waals surface area contributed by atoms with E-state index in [2.05, 4.69) is 10.1 Å². The van der Waals surface area contributed by atoms with Crippen LogP contribution in [0, 0.1) is 0 Å². The number of thiazole rings is 1. The van der Waals surface area contributed by atoms with E-state index in [0.29, 0.717) is 0 Å². The molecule has 3 rings (SSSR count). The van der Waals surface area contributed by atoms with Gasteiger partial charge in [-0.2, -0.15) is 5.10 Å². The zero-order valence-corrected chi connectivity index (χ0v) is 14.2. The van der Waals surface area contributed by atoms with Gasteiger partial charge in [0.2, 0.25) is 5.91 Å². The second-order valence-electron chi connectivity index (χ2n) is 4.98. The van der Waals surface area contributed by atoms with E-state index in [1.807, 2.05) is 44.4 Å². The van der Waals surface area contributed by atoms with E-state index in [9.17, 15) is 4.79 Å². The maximum absolute atomic E-state index is 12.5. The molecule has 22 heavy (non-hydrogen) atoms. The first-order chi connectivity index (χ1) is 10.5. The zero-order chi connectivity index (χ0) is 15.7. The number of para-hydroxylation sites is 1. The molecule has 114 valence electrons. The smallest absolute Gasteiger partial charge is 0.240 e. The fraction of sp³-hybridized carbons (Fsp3) is 0.267. The molecule has 0 aliphatic rings. The Morgan fingerprint density at radius 1 is 1.41 bits per heavy atom. The van der Waals surface area contributed by atoms with E-state index in [1.54, 1.807) is 34.2 Å². The Kier molecular flexibility index (Phi) is 4.17. The van der Waals surface area contributed by atoms with Crippen LogP contribution in [0.5, 0.6) is 0 Å². The van der Waals surface area contributed by atoms with Crippen molar-refractivity contribution in [3.8, 4) is 0 Å². The van der Waals surface area contributed by atoms with Crippen molar-refractivity contribution in [3.63, 3.8) is 0 Å². The average Bonchev–Trinajstić information content (AvgIpc) is 3.11. The van der Waals surface area contributed by atoms with E-state index in [1.165, 1.54) is 11.8 Å². The molecule has 0 radical (unpaired) electrons. The first-order valence-corrected chi connectivity index (χ1v) is 8.52. The molecule has 0 unspecified atom stereocenters. The van der Waals surface area contributed by atoms with Crippen LogP contribution in [0.4, 0.5) is 5.69 Å². The van der Waals surface area contributed by atoms with Crippen LogP contribution >= 0.6 is 23.1 Å². The predicted molar refractivity (Wildman–Crippen MR) is 91.6 cm³/mol. The van der Waals surface area contributed by atoms with Gasteiger partial charge in [0.25, 0.3) is 0 Å². The third kappa shape index (κ3) is 3.00. The molecule has 0 saturated heterocycles. The van der Waals surface area contributed by atoms with Gasteiger partial charge in [-0.1, -0.05) is 23.9 Å². The third-order valence-corrected chi connectivity index (χ3v) is 5.53. The van der Waals surface area contributed by atoms with Gasteiger partial charge in [0.05, 0.1) is 27.4 Å². The molecular weight excluding hydrogens is 316 g/mol. The summed E-state index contributed by atoms with van der Waals surface area (Å²) >= 11 is 3.12. The maximum Gasteiger partial charge on any atom is 0.240 e. The van der Waals surface area contributed by atoms with Crippen LogP contribution in [0.3, 0.4) is 0 Å². The number of fused-ring (bicyclic) bond motifs is 1. The predicted octanol–water partition coefficient (Wildman–Crippen LogP) is 3.17. The summed E-state index contributed by atoms with van der Waals surface area (Å²) in [7, 11) is 3.61. The number of benzene rings is 1. The summed E-state index contributed by atoms with van der Waals surface area (Å²) in [6, 6.07) is 8.01. The summed E-state index contributed by atoms with van der Waals surface area (Å²) < 4.78 is 3.75. The maximum atomic E-state index is 12.5. The molecule has 5 nitrogen and oxygen atoms in total. The minimum atomic E-state index is -0.203. The molecule has 2 heterocycles. The van der Waals surface area contributed by atoms with Gasteiger partial charge < -0.3 is 4.90 Å². The Bertz CT molecular complexity index is 778. The molecular formula is C15H16N4OS2. The third-order valence-electron chi connectivity index (χ3n) is 3.31. The molecule has 1 amide bonds. The van der Waals surface area contributed by atoms with Crippen molar-refractivity contribution < 1.29 is 4.79 Å². The van der Waals surface area contributed by atoms with Gasteiger partial charge in [0.1, 0.15) is 0 Å². The Morgan fingerprint density at radius 3 is 2.86 bits per heavy atom. The summed E-state index contributed by atoms with van der Waals surface area (Å²) in [6.07, 6.45) is 3.51. The topological polar surface area (TPSA) is 51.0 Å². The van der Waals surface area contributed by atoms with Gasteiger partial charge in [-0.15, -0.1) is 11.3 Å². The summed E-state index contributed by atoms with van der Waals surface area (Å²) in [5.74, 6) is 0.0391. The molecule has 1 aromatic carbocycles. The standard InChI is InChI=1S/C15H16N4OS2/c1-10(14(20)19(3)11-8-16-18(2)9-11)21-15-17-12-6-4-5-7-13(12)22-15/h4-10H,1-3H3/t10-/m1/s1. The van der Waals surface area contributed by atoms with Crippen LogP contribution in [0.2, 0.25) is 0 Å². The van der Waals surface area contributed by atoms with Crippen molar-refractivity contribution >= 4 is 44.9 Å². The number of aromatic nitrogens is 3. The highest BCUT2D eigenvalue weighted by molar-refractivity contribution is 8.02. The number of anilines is 1. The molecule has 2 aromatic heterocycles. The lowest BCUT2D eigenvalue weighted by Gasteiger charge is -2.18. The van der Waals surface area contributed by atoms with Crippen LogP contribution in [0.1, 0.15) is 6.92 Å². The van der Waals surface area contributed by atoms with Crippen molar-refractivity contribution in [1.29, 1.82) is 0 Å². The van der Waals surface area contributed by atoms with Crippen molar-refractivity contribution in [1.82, 2.24) is 14.8 Å². The first kappa shape index (κ1) is 15.1. The summed E-state index contributed by atoms with van der Waals surface area (Å²) in [5, 5.41) is 3.89. The monoisotopic (exact) mass is 332 g/mol. The van der Waals surface area contributed by atoms with Crippen LogP contribution in [0.25, 0.3) is 10.2 Å². The van der Waals surface area contributed by atoms with Gasteiger partial charge in [0.15, 0.2) is 4.34 Å².